The standard InChI is InChI=1S/C9H11NO2.H3N/c10-9(12)8(6-11)7-4-2-1-3-5-7;/h1-5,8,11H,6H2,(H2,10,12);1H3. The van der Waals surface area contributed by atoms with Gasteiger partial charge in [-0.05, 0) is 5.56 Å². The van der Waals surface area contributed by atoms with Crippen LogP contribution >= 0.6 is 0 Å². The fourth-order valence-electron chi connectivity index (χ4n) is 1.04. The van der Waals surface area contributed by atoms with E-state index in [2.05, 4.69) is 0 Å². The van der Waals surface area contributed by atoms with Crippen molar-refractivity contribution in [3.05, 3.63) is 35.9 Å². The average molecular weight is 182 g/mol. The number of amides is 1. The van der Waals surface area contributed by atoms with Gasteiger partial charge in [0.25, 0.3) is 0 Å². The molecule has 0 bridgehead atoms. The quantitative estimate of drug-likeness (QED) is 0.631. The van der Waals surface area contributed by atoms with Gasteiger partial charge in [-0.1, -0.05) is 30.3 Å². The second-order valence-corrected chi connectivity index (χ2v) is 2.55. The van der Waals surface area contributed by atoms with Gasteiger partial charge in [0.15, 0.2) is 0 Å². The smallest absolute Gasteiger partial charge is 0.227 e. The van der Waals surface area contributed by atoms with Gasteiger partial charge in [0.05, 0.1) is 12.5 Å². The predicted molar refractivity (Wildman–Crippen MR) is 50.5 cm³/mol. The van der Waals surface area contributed by atoms with Crippen molar-refractivity contribution in [2.75, 3.05) is 6.61 Å². The van der Waals surface area contributed by atoms with Gasteiger partial charge in [-0.3, -0.25) is 4.79 Å². The SMILES string of the molecule is N.NC(=O)C(CO)c1ccccc1. The summed E-state index contributed by atoms with van der Waals surface area (Å²) < 4.78 is 0. The zero-order valence-corrected chi connectivity index (χ0v) is 7.31. The van der Waals surface area contributed by atoms with Crippen LogP contribution in [0.1, 0.15) is 11.5 Å². The van der Waals surface area contributed by atoms with E-state index in [0.29, 0.717) is 0 Å². The van der Waals surface area contributed by atoms with E-state index in [0.717, 1.165) is 5.56 Å². The predicted octanol–water partition coefficient (Wildman–Crippen LogP) is 0.410. The fraction of sp³-hybridized carbons (Fsp3) is 0.222. The summed E-state index contributed by atoms with van der Waals surface area (Å²) in [5, 5.41) is 8.85. The summed E-state index contributed by atoms with van der Waals surface area (Å²) in [6, 6.07) is 9.00. The Morgan fingerprint density at radius 2 is 1.92 bits per heavy atom. The minimum atomic E-state index is -0.578. The molecule has 4 nitrogen and oxygen atoms in total. The highest BCUT2D eigenvalue weighted by Gasteiger charge is 2.15. The molecule has 0 saturated carbocycles. The zero-order chi connectivity index (χ0) is 8.97. The first-order chi connectivity index (χ1) is 5.75. The highest BCUT2D eigenvalue weighted by atomic mass is 16.3. The lowest BCUT2D eigenvalue weighted by Crippen LogP contribution is -2.24. The van der Waals surface area contributed by atoms with Crippen LogP contribution in [0.5, 0.6) is 0 Å². The summed E-state index contributed by atoms with van der Waals surface area (Å²) in [5.41, 5.74) is 5.84. The van der Waals surface area contributed by atoms with Crippen LogP contribution in [0.2, 0.25) is 0 Å². The van der Waals surface area contributed by atoms with Gasteiger partial charge in [0.2, 0.25) is 5.91 Å². The molecule has 1 amide bonds. The van der Waals surface area contributed by atoms with E-state index in [9.17, 15) is 4.79 Å². The first kappa shape index (κ1) is 11.6. The molecule has 0 aliphatic carbocycles. The van der Waals surface area contributed by atoms with Crippen LogP contribution in [0.25, 0.3) is 0 Å². The summed E-state index contributed by atoms with van der Waals surface area (Å²) in [5.74, 6) is -1.07. The van der Waals surface area contributed by atoms with Gasteiger partial charge in [0, 0.05) is 0 Å². The Labute approximate surface area is 77.0 Å². The largest absolute Gasteiger partial charge is 0.395 e. The fourth-order valence-corrected chi connectivity index (χ4v) is 1.04. The minimum absolute atomic E-state index is 0. The number of hydrogen-bond acceptors (Lipinski definition) is 3. The Morgan fingerprint density at radius 3 is 2.31 bits per heavy atom. The van der Waals surface area contributed by atoms with E-state index < -0.39 is 11.8 Å². The highest BCUT2D eigenvalue weighted by Crippen LogP contribution is 2.13. The molecule has 0 spiro atoms. The molecule has 1 atom stereocenters. The van der Waals surface area contributed by atoms with Crippen molar-refractivity contribution in [3.63, 3.8) is 0 Å². The molecule has 0 saturated heterocycles. The lowest BCUT2D eigenvalue weighted by Gasteiger charge is -2.09. The molecule has 72 valence electrons. The molecule has 1 aromatic carbocycles. The Morgan fingerprint density at radius 1 is 1.38 bits per heavy atom. The van der Waals surface area contributed by atoms with Crippen LogP contribution in [0.15, 0.2) is 30.3 Å². The number of carbonyl (C=O) groups excluding carboxylic acids is 1. The molecule has 1 aromatic rings. The van der Waals surface area contributed by atoms with Crippen LogP contribution in [0.4, 0.5) is 0 Å². The number of nitrogens with two attached hydrogens (primary N) is 1. The van der Waals surface area contributed by atoms with E-state index in [1.54, 1.807) is 24.3 Å². The third kappa shape index (κ3) is 2.85. The molecular formula is C9H14N2O2. The number of aliphatic hydroxyl groups excluding tert-OH is 1. The molecule has 0 radical (unpaired) electrons. The molecule has 0 aliphatic rings. The van der Waals surface area contributed by atoms with Gasteiger partial charge >= 0.3 is 0 Å². The van der Waals surface area contributed by atoms with Crippen molar-refractivity contribution < 1.29 is 9.90 Å². The highest BCUT2D eigenvalue weighted by molar-refractivity contribution is 5.81. The number of aliphatic hydroxyl groups is 1. The summed E-state index contributed by atoms with van der Waals surface area (Å²) in [6.07, 6.45) is 0. The Hall–Kier alpha value is -1.39. The monoisotopic (exact) mass is 182 g/mol. The summed E-state index contributed by atoms with van der Waals surface area (Å²) in [4.78, 5) is 10.8. The maximum Gasteiger partial charge on any atom is 0.227 e. The number of benzene rings is 1. The first-order valence-electron chi connectivity index (χ1n) is 3.71. The van der Waals surface area contributed by atoms with Crippen LogP contribution in [-0.4, -0.2) is 17.6 Å². The maximum atomic E-state index is 10.8. The van der Waals surface area contributed by atoms with Crippen molar-refractivity contribution in [2.24, 2.45) is 5.73 Å². The van der Waals surface area contributed by atoms with E-state index >= 15 is 0 Å². The number of carbonyl (C=O) groups is 1. The van der Waals surface area contributed by atoms with Crippen molar-refractivity contribution in [1.82, 2.24) is 6.15 Å². The molecule has 0 aliphatic heterocycles. The molecule has 1 unspecified atom stereocenters. The lowest BCUT2D eigenvalue weighted by molar-refractivity contribution is -0.120. The third-order valence-corrected chi connectivity index (χ3v) is 1.73. The molecule has 13 heavy (non-hydrogen) atoms. The van der Waals surface area contributed by atoms with Crippen LogP contribution in [0.3, 0.4) is 0 Å². The van der Waals surface area contributed by atoms with Crippen molar-refractivity contribution in [3.8, 4) is 0 Å². The molecule has 0 heterocycles. The summed E-state index contributed by atoms with van der Waals surface area (Å²) in [6.45, 7) is -0.237. The van der Waals surface area contributed by atoms with Gasteiger partial charge in [-0.2, -0.15) is 0 Å². The number of primary amides is 1. The minimum Gasteiger partial charge on any atom is -0.395 e. The molecular weight excluding hydrogens is 168 g/mol. The lowest BCUT2D eigenvalue weighted by atomic mass is 10.00. The number of rotatable bonds is 3. The van der Waals surface area contributed by atoms with Crippen molar-refractivity contribution in [1.29, 1.82) is 0 Å². The van der Waals surface area contributed by atoms with Crippen LogP contribution in [-0.2, 0) is 4.79 Å². The molecule has 0 fully saturated rings. The molecule has 4 heteroatoms. The van der Waals surface area contributed by atoms with Crippen LogP contribution in [0, 0.1) is 0 Å². The van der Waals surface area contributed by atoms with Gasteiger partial charge in [-0.25, -0.2) is 0 Å². The van der Waals surface area contributed by atoms with E-state index in [1.807, 2.05) is 6.07 Å². The molecule has 6 N–H and O–H groups in total. The van der Waals surface area contributed by atoms with Crippen molar-refractivity contribution >= 4 is 5.91 Å². The normalized spacial score (nSPS) is 11.5. The molecule has 0 aromatic heterocycles. The van der Waals surface area contributed by atoms with Gasteiger partial charge in [0.1, 0.15) is 0 Å². The maximum absolute atomic E-state index is 10.8. The topological polar surface area (TPSA) is 98.3 Å². The Bertz CT molecular complexity index is 262. The molecule has 1 rings (SSSR count). The zero-order valence-electron chi connectivity index (χ0n) is 7.31. The van der Waals surface area contributed by atoms with Crippen molar-refractivity contribution in [2.45, 2.75) is 5.92 Å². The second kappa shape index (κ2) is 5.29. The van der Waals surface area contributed by atoms with E-state index in [1.165, 1.54) is 0 Å². The van der Waals surface area contributed by atoms with Gasteiger partial charge < -0.3 is 17.0 Å². The van der Waals surface area contributed by atoms with E-state index in [4.69, 9.17) is 10.8 Å². The van der Waals surface area contributed by atoms with E-state index in [-0.39, 0.29) is 12.8 Å². The second-order valence-electron chi connectivity index (χ2n) is 2.55. The Kier molecular flexibility index (Phi) is 4.72. The average Bonchev–Trinajstić information content (AvgIpc) is 2.07. The number of hydrogen-bond donors (Lipinski definition) is 3. The first-order valence-corrected chi connectivity index (χ1v) is 3.71. The summed E-state index contributed by atoms with van der Waals surface area (Å²) in [7, 11) is 0. The summed E-state index contributed by atoms with van der Waals surface area (Å²) >= 11 is 0. The Balaban J connectivity index is 0.00000144. The van der Waals surface area contributed by atoms with Crippen LogP contribution < -0.4 is 11.9 Å². The van der Waals surface area contributed by atoms with Gasteiger partial charge in [-0.15, -0.1) is 0 Å². The third-order valence-electron chi connectivity index (χ3n) is 1.73.